The molecule has 0 bridgehead atoms. The highest BCUT2D eigenvalue weighted by molar-refractivity contribution is 6.31. The Kier molecular flexibility index (Phi) is 3.22. The lowest BCUT2D eigenvalue weighted by Crippen LogP contribution is -2.26. The third-order valence-corrected chi connectivity index (χ3v) is 2.69. The predicted molar refractivity (Wildman–Crippen MR) is 57.8 cm³/mol. The minimum Gasteiger partial charge on any atom is -0.363 e. The normalized spacial score (nSPS) is 19.9. The van der Waals surface area contributed by atoms with Crippen LogP contribution in [0.15, 0.2) is 24.3 Å². The summed E-state index contributed by atoms with van der Waals surface area (Å²) in [5.74, 6) is -0.675. The van der Waals surface area contributed by atoms with Crippen molar-refractivity contribution in [2.24, 2.45) is 0 Å². The number of amides is 2. The maximum atomic E-state index is 11.2. The fraction of sp³-hybridized carbons (Fsp3) is 0.273. The number of hydrogen-bond acceptors (Lipinski definition) is 3. The SMILES string of the molecule is O=C1CC(OCc2ccccc2Cl)C(=O)N1. The first-order chi connectivity index (χ1) is 7.66. The standard InChI is InChI=1S/C11H10ClNO3/c12-8-4-2-1-3-7(8)6-16-9-5-10(14)13-11(9)15/h1-4,9H,5-6H2,(H,13,14,15). The topological polar surface area (TPSA) is 55.4 Å². The summed E-state index contributed by atoms with van der Waals surface area (Å²) in [6.45, 7) is 0.227. The van der Waals surface area contributed by atoms with Crippen LogP contribution in [0.2, 0.25) is 5.02 Å². The molecule has 1 N–H and O–H groups in total. The van der Waals surface area contributed by atoms with Crippen LogP contribution in [-0.2, 0) is 20.9 Å². The third kappa shape index (κ3) is 2.40. The molecule has 84 valence electrons. The molecule has 1 atom stereocenters. The summed E-state index contributed by atoms with van der Waals surface area (Å²) in [5.41, 5.74) is 0.802. The number of rotatable bonds is 3. The minimum absolute atomic E-state index is 0.0866. The van der Waals surface area contributed by atoms with Crippen molar-refractivity contribution < 1.29 is 14.3 Å². The van der Waals surface area contributed by atoms with E-state index in [0.717, 1.165) is 5.56 Å². The van der Waals surface area contributed by atoms with E-state index in [4.69, 9.17) is 16.3 Å². The maximum absolute atomic E-state index is 11.2. The highest BCUT2D eigenvalue weighted by atomic mass is 35.5. The molecule has 0 spiro atoms. The van der Waals surface area contributed by atoms with Crippen LogP contribution in [0.25, 0.3) is 0 Å². The van der Waals surface area contributed by atoms with Gasteiger partial charge in [-0.05, 0) is 11.6 Å². The molecular weight excluding hydrogens is 230 g/mol. The van der Waals surface area contributed by atoms with Crippen molar-refractivity contribution in [2.75, 3.05) is 0 Å². The molecule has 4 nitrogen and oxygen atoms in total. The summed E-state index contributed by atoms with van der Waals surface area (Å²) >= 11 is 5.93. The van der Waals surface area contributed by atoms with Crippen LogP contribution in [0.3, 0.4) is 0 Å². The average molecular weight is 240 g/mol. The fourth-order valence-corrected chi connectivity index (χ4v) is 1.66. The number of benzene rings is 1. The van der Waals surface area contributed by atoms with Gasteiger partial charge in [-0.1, -0.05) is 29.8 Å². The molecule has 0 aliphatic carbocycles. The van der Waals surface area contributed by atoms with Crippen LogP contribution in [-0.4, -0.2) is 17.9 Å². The van der Waals surface area contributed by atoms with Crippen molar-refractivity contribution in [1.82, 2.24) is 5.32 Å². The van der Waals surface area contributed by atoms with Gasteiger partial charge in [0.15, 0.2) is 0 Å². The second-order valence-corrected chi connectivity index (χ2v) is 3.91. The smallest absolute Gasteiger partial charge is 0.256 e. The molecule has 2 rings (SSSR count). The number of ether oxygens (including phenoxy) is 1. The highest BCUT2D eigenvalue weighted by Crippen LogP contribution is 2.17. The molecule has 1 unspecified atom stereocenters. The van der Waals surface area contributed by atoms with Crippen molar-refractivity contribution >= 4 is 23.4 Å². The Bertz CT molecular complexity index is 433. The summed E-state index contributed by atoms with van der Waals surface area (Å²) < 4.78 is 5.34. The molecular formula is C11H10ClNO3. The largest absolute Gasteiger partial charge is 0.363 e. The van der Waals surface area contributed by atoms with Crippen LogP contribution in [0, 0.1) is 0 Å². The Balaban J connectivity index is 1.95. The van der Waals surface area contributed by atoms with Gasteiger partial charge >= 0.3 is 0 Å². The summed E-state index contributed by atoms with van der Waals surface area (Å²) in [4.78, 5) is 22.1. The number of nitrogens with one attached hydrogen (secondary N) is 1. The summed E-state index contributed by atoms with van der Waals surface area (Å²) in [6.07, 6.45) is -0.604. The van der Waals surface area contributed by atoms with E-state index >= 15 is 0 Å². The highest BCUT2D eigenvalue weighted by Gasteiger charge is 2.31. The van der Waals surface area contributed by atoms with E-state index in [1.165, 1.54) is 0 Å². The summed E-state index contributed by atoms with van der Waals surface area (Å²) in [5, 5.41) is 2.77. The maximum Gasteiger partial charge on any atom is 0.256 e. The molecule has 0 aromatic heterocycles. The Labute approximate surface area is 97.5 Å². The molecule has 1 aromatic rings. The molecule has 16 heavy (non-hydrogen) atoms. The molecule has 0 saturated carbocycles. The molecule has 1 saturated heterocycles. The Morgan fingerprint density at radius 1 is 1.38 bits per heavy atom. The fourth-order valence-electron chi connectivity index (χ4n) is 1.47. The first-order valence-corrected chi connectivity index (χ1v) is 5.23. The van der Waals surface area contributed by atoms with E-state index in [1.807, 2.05) is 18.2 Å². The minimum atomic E-state index is -0.691. The zero-order valence-electron chi connectivity index (χ0n) is 8.40. The van der Waals surface area contributed by atoms with Gasteiger partial charge in [0.1, 0.15) is 6.10 Å². The van der Waals surface area contributed by atoms with E-state index in [9.17, 15) is 9.59 Å². The van der Waals surface area contributed by atoms with Gasteiger partial charge in [0.2, 0.25) is 5.91 Å². The van der Waals surface area contributed by atoms with Crippen molar-refractivity contribution in [3.8, 4) is 0 Å². The molecule has 0 radical (unpaired) electrons. The average Bonchev–Trinajstić information content (AvgIpc) is 2.56. The molecule has 2 amide bonds. The predicted octanol–water partition coefficient (Wildman–Crippen LogP) is 1.27. The van der Waals surface area contributed by atoms with Gasteiger partial charge in [0, 0.05) is 5.02 Å². The number of halogens is 1. The van der Waals surface area contributed by atoms with E-state index in [2.05, 4.69) is 5.32 Å². The number of carbonyl (C=O) groups is 2. The van der Waals surface area contributed by atoms with E-state index in [0.29, 0.717) is 5.02 Å². The van der Waals surface area contributed by atoms with E-state index in [1.54, 1.807) is 6.07 Å². The van der Waals surface area contributed by atoms with Gasteiger partial charge in [0.05, 0.1) is 13.0 Å². The molecule has 1 aromatic carbocycles. The second-order valence-electron chi connectivity index (χ2n) is 3.51. The van der Waals surface area contributed by atoms with Crippen molar-refractivity contribution in [1.29, 1.82) is 0 Å². The molecule has 1 heterocycles. The number of carbonyl (C=O) groups excluding carboxylic acids is 2. The van der Waals surface area contributed by atoms with Crippen molar-refractivity contribution in [3.05, 3.63) is 34.9 Å². The van der Waals surface area contributed by atoms with Crippen molar-refractivity contribution in [3.63, 3.8) is 0 Å². The van der Waals surface area contributed by atoms with Gasteiger partial charge < -0.3 is 4.74 Å². The third-order valence-electron chi connectivity index (χ3n) is 2.32. The molecule has 5 heteroatoms. The Hall–Kier alpha value is -1.39. The zero-order chi connectivity index (χ0) is 11.5. The summed E-state index contributed by atoms with van der Waals surface area (Å²) in [6, 6.07) is 7.22. The van der Waals surface area contributed by atoms with Gasteiger partial charge in [0.25, 0.3) is 5.91 Å². The van der Waals surface area contributed by atoms with Gasteiger partial charge in [-0.25, -0.2) is 0 Å². The Morgan fingerprint density at radius 3 is 2.75 bits per heavy atom. The molecule has 1 aliphatic heterocycles. The van der Waals surface area contributed by atoms with Crippen LogP contribution >= 0.6 is 11.6 Å². The lowest BCUT2D eigenvalue weighted by atomic mass is 10.2. The van der Waals surface area contributed by atoms with Crippen LogP contribution < -0.4 is 5.32 Å². The first-order valence-electron chi connectivity index (χ1n) is 4.85. The lowest BCUT2D eigenvalue weighted by molar-refractivity contribution is -0.130. The van der Waals surface area contributed by atoms with Crippen LogP contribution in [0.1, 0.15) is 12.0 Å². The molecule has 1 fully saturated rings. The van der Waals surface area contributed by atoms with Crippen LogP contribution in [0.5, 0.6) is 0 Å². The van der Waals surface area contributed by atoms with E-state index < -0.39 is 6.10 Å². The monoisotopic (exact) mass is 239 g/mol. The Morgan fingerprint density at radius 2 is 2.12 bits per heavy atom. The number of hydrogen-bond donors (Lipinski definition) is 1. The van der Waals surface area contributed by atoms with E-state index in [-0.39, 0.29) is 24.8 Å². The first kappa shape index (κ1) is 11.1. The lowest BCUT2D eigenvalue weighted by Gasteiger charge is -2.09. The number of imide groups is 1. The van der Waals surface area contributed by atoms with Gasteiger partial charge in [-0.2, -0.15) is 0 Å². The van der Waals surface area contributed by atoms with Crippen LogP contribution in [0.4, 0.5) is 0 Å². The second kappa shape index (κ2) is 4.63. The quantitative estimate of drug-likeness (QED) is 0.809. The van der Waals surface area contributed by atoms with Crippen molar-refractivity contribution in [2.45, 2.75) is 19.1 Å². The summed E-state index contributed by atoms with van der Waals surface area (Å²) in [7, 11) is 0. The zero-order valence-corrected chi connectivity index (χ0v) is 9.16. The van der Waals surface area contributed by atoms with Gasteiger partial charge in [-0.3, -0.25) is 14.9 Å². The van der Waals surface area contributed by atoms with Gasteiger partial charge in [-0.15, -0.1) is 0 Å². The molecule has 1 aliphatic rings.